The van der Waals surface area contributed by atoms with Crippen LogP contribution in [0.1, 0.15) is 36.6 Å². The minimum absolute atomic E-state index is 0.000880. The number of aryl methyl sites for hydroxylation is 1. The summed E-state index contributed by atoms with van der Waals surface area (Å²) in [5.74, 6) is -1.09. The van der Waals surface area contributed by atoms with Gasteiger partial charge in [-0.3, -0.25) is 4.79 Å². The molecule has 1 unspecified atom stereocenters. The van der Waals surface area contributed by atoms with Gasteiger partial charge in [-0.15, -0.1) is 0 Å². The fraction of sp³-hybridized carbons (Fsp3) is 0.207. The molecule has 6 rings (SSSR count). The molecule has 1 atom stereocenters. The van der Waals surface area contributed by atoms with Gasteiger partial charge in [0, 0.05) is 41.6 Å². The van der Waals surface area contributed by atoms with Crippen molar-refractivity contribution in [1.29, 1.82) is 0 Å². The summed E-state index contributed by atoms with van der Waals surface area (Å²) in [6.45, 7) is 2.48. The quantitative estimate of drug-likeness (QED) is 0.233. The lowest BCUT2D eigenvalue weighted by Gasteiger charge is -2.36. The van der Waals surface area contributed by atoms with Crippen molar-refractivity contribution in [3.63, 3.8) is 0 Å². The number of aliphatic carboxylic acids is 1. The lowest BCUT2D eigenvalue weighted by molar-refractivity contribution is -0.136. The first-order valence-electron chi connectivity index (χ1n) is 12.5. The molecule has 2 aromatic carbocycles. The van der Waals surface area contributed by atoms with E-state index >= 15 is 0 Å². The van der Waals surface area contributed by atoms with Crippen LogP contribution in [0.2, 0.25) is 0 Å². The summed E-state index contributed by atoms with van der Waals surface area (Å²) in [6.07, 6.45) is 4.32. The van der Waals surface area contributed by atoms with Gasteiger partial charge in [0.25, 0.3) is 5.88 Å². The molecule has 39 heavy (non-hydrogen) atoms. The molecule has 0 fully saturated rings. The van der Waals surface area contributed by atoms with Crippen LogP contribution in [0.3, 0.4) is 0 Å². The number of benzene rings is 2. The molecule has 8 nitrogen and oxygen atoms in total. The van der Waals surface area contributed by atoms with E-state index in [0.717, 1.165) is 16.8 Å². The van der Waals surface area contributed by atoms with Crippen molar-refractivity contribution in [2.75, 3.05) is 6.61 Å². The van der Waals surface area contributed by atoms with Gasteiger partial charge in [-0.25, -0.2) is 18.7 Å². The molecule has 0 saturated carbocycles. The predicted molar refractivity (Wildman–Crippen MR) is 139 cm³/mol. The number of hydrogen-bond donors (Lipinski definition) is 3. The van der Waals surface area contributed by atoms with E-state index in [-0.39, 0.29) is 23.6 Å². The number of halogens is 2. The number of carboxylic acids is 1. The number of pyridine rings is 1. The van der Waals surface area contributed by atoms with Crippen molar-refractivity contribution in [1.82, 2.24) is 19.9 Å². The number of H-pyrrole nitrogens is 2. The highest BCUT2D eigenvalue weighted by molar-refractivity contribution is 5.75. The molecule has 1 aliphatic rings. The first kappa shape index (κ1) is 24.6. The van der Waals surface area contributed by atoms with Crippen molar-refractivity contribution < 1.29 is 28.2 Å². The topological polar surface area (TPSA) is 113 Å². The Hall–Kier alpha value is -4.73. The van der Waals surface area contributed by atoms with E-state index in [2.05, 4.69) is 19.9 Å². The van der Waals surface area contributed by atoms with E-state index in [1.807, 2.05) is 25.1 Å². The van der Waals surface area contributed by atoms with Crippen LogP contribution in [-0.4, -0.2) is 37.6 Å². The number of nitrogens with zero attached hydrogens (tertiary/aromatic N) is 2. The molecular weight excluding hydrogens is 506 g/mol. The van der Waals surface area contributed by atoms with Gasteiger partial charge < -0.3 is 24.5 Å². The molecule has 4 heterocycles. The molecule has 1 aliphatic heterocycles. The first-order chi connectivity index (χ1) is 18.8. The van der Waals surface area contributed by atoms with E-state index in [1.54, 1.807) is 18.5 Å². The third kappa shape index (κ3) is 4.47. The number of carboxylic acid groups (broad SMARTS) is 1. The van der Waals surface area contributed by atoms with Crippen LogP contribution in [0, 0.1) is 11.6 Å². The molecule has 0 spiro atoms. The van der Waals surface area contributed by atoms with Crippen LogP contribution in [-0.2, 0) is 16.6 Å². The van der Waals surface area contributed by atoms with Gasteiger partial charge in [-0.05, 0) is 49.6 Å². The highest BCUT2D eigenvalue weighted by atomic mass is 19.1. The molecular formula is C29H24F2N4O4. The second-order valence-corrected chi connectivity index (χ2v) is 9.69. The number of fused-ring (bicyclic) bond motifs is 2. The molecule has 0 radical (unpaired) electrons. The fourth-order valence-corrected chi connectivity index (χ4v) is 5.01. The molecule has 0 aliphatic carbocycles. The average Bonchev–Trinajstić information content (AvgIpc) is 3.59. The lowest BCUT2D eigenvalue weighted by Crippen LogP contribution is -2.32. The van der Waals surface area contributed by atoms with Crippen LogP contribution in [0.25, 0.3) is 22.4 Å². The maximum Gasteiger partial charge on any atom is 0.303 e. The second-order valence-electron chi connectivity index (χ2n) is 9.69. The van der Waals surface area contributed by atoms with Crippen molar-refractivity contribution in [3.05, 3.63) is 89.4 Å². The number of rotatable bonds is 7. The number of para-hydroxylation sites is 1. The van der Waals surface area contributed by atoms with Gasteiger partial charge in [-0.1, -0.05) is 18.2 Å². The lowest BCUT2D eigenvalue weighted by atomic mass is 9.74. The van der Waals surface area contributed by atoms with Crippen LogP contribution < -0.4 is 9.47 Å². The largest absolute Gasteiger partial charge is 0.493 e. The zero-order valence-corrected chi connectivity index (χ0v) is 20.9. The number of ether oxygens (including phenoxy) is 2. The van der Waals surface area contributed by atoms with Crippen molar-refractivity contribution in [2.45, 2.75) is 31.6 Å². The van der Waals surface area contributed by atoms with Gasteiger partial charge >= 0.3 is 5.97 Å². The molecule has 0 bridgehead atoms. The SMILES string of the molecule is CC1(c2cnc(-c3cc(Oc4nc5cc[nH]c5cc4F)ccc3F)[nH]2)CCOc2c(CCC(=O)O)cccc21. The molecule has 0 amide bonds. The molecule has 0 saturated heterocycles. The summed E-state index contributed by atoms with van der Waals surface area (Å²) in [4.78, 5) is 25.9. The summed E-state index contributed by atoms with van der Waals surface area (Å²) in [5, 5.41) is 9.12. The Morgan fingerprint density at radius 3 is 2.90 bits per heavy atom. The average molecular weight is 531 g/mol. The van der Waals surface area contributed by atoms with Gasteiger partial charge in [0.05, 0.1) is 23.2 Å². The Kier molecular flexibility index (Phi) is 6.02. The molecule has 5 aromatic rings. The Labute approximate surface area is 221 Å². The Morgan fingerprint density at radius 1 is 1.18 bits per heavy atom. The Bertz CT molecular complexity index is 1710. The normalized spacial score (nSPS) is 16.6. The van der Waals surface area contributed by atoms with Crippen molar-refractivity contribution in [3.8, 4) is 28.8 Å². The van der Waals surface area contributed by atoms with E-state index in [1.165, 1.54) is 24.3 Å². The van der Waals surface area contributed by atoms with Gasteiger partial charge in [-0.2, -0.15) is 0 Å². The maximum atomic E-state index is 15.0. The highest BCUT2D eigenvalue weighted by Gasteiger charge is 2.37. The maximum absolute atomic E-state index is 15.0. The molecule has 10 heteroatoms. The van der Waals surface area contributed by atoms with Gasteiger partial charge in [0.1, 0.15) is 23.1 Å². The Morgan fingerprint density at radius 2 is 2.05 bits per heavy atom. The van der Waals surface area contributed by atoms with Crippen LogP contribution in [0.5, 0.6) is 17.4 Å². The number of aromatic nitrogens is 4. The van der Waals surface area contributed by atoms with E-state index < -0.39 is 23.0 Å². The third-order valence-corrected chi connectivity index (χ3v) is 7.18. The minimum atomic E-state index is -0.874. The van der Waals surface area contributed by atoms with Crippen molar-refractivity contribution >= 4 is 17.0 Å². The summed E-state index contributed by atoms with van der Waals surface area (Å²) in [5.41, 5.74) is 3.21. The summed E-state index contributed by atoms with van der Waals surface area (Å²) >= 11 is 0. The zero-order chi connectivity index (χ0) is 27.1. The summed E-state index contributed by atoms with van der Waals surface area (Å²) in [6, 6.07) is 12.8. The van der Waals surface area contributed by atoms with Crippen LogP contribution in [0.4, 0.5) is 8.78 Å². The zero-order valence-electron chi connectivity index (χ0n) is 20.9. The fourth-order valence-electron chi connectivity index (χ4n) is 5.01. The monoisotopic (exact) mass is 530 g/mol. The standard InChI is InChI=1S/C29H24F2N4O4/c1-29(10-12-38-26-16(5-8-25(36)37)3-2-4-19(26)29)24-15-33-27(35-24)18-13-17(6-7-20(18)30)39-28-21(31)14-23-22(34-28)9-11-32-23/h2-4,6-7,9,11,13-15,32H,5,8,10,12H2,1H3,(H,33,35)(H,36,37). The minimum Gasteiger partial charge on any atom is -0.493 e. The highest BCUT2D eigenvalue weighted by Crippen LogP contribution is 2.45. The third-order valence-electron chi connectivity index (χ3n) is 7.18. The van der Waals surface area contributed by atoms with Gasteiger partial charge in [0.2, 0.25) is 0 Å². The number of carbonyl (C=O) groups is 1. The van der Waals surface area contributed by atoms with Crippen LogP contribution >= 0.6 is 0 Å². The molecule has 198 valence electrons. The van der Waals surface area contributed by atoms with Crippen LogP contribution in [0.15, 0.2) is 60.9 Å². The van der Waals surface area contributed by atoms with Crippen molar-refractivity contribution in [2.24, 2.45) is 0 Å². The number of imidazole rings is 1. The first-order valence-corrected chi connectivity index (χ1v) is 12.5. The summed E-state index contributed by atoms with van der Waals surface area (Å²) < 4.78 is 41.1. The van der Waals surface area contributed by atoms with E-state index in [9.17, 15) is 13.6 Å². The van der Waals surface area contributed by atoms with Gasteiger partial charge in [0.15, 0.2) is 5.82 Å². The number of nitrogens with one attached hydrogen (secondary N) is 2. The summed E-state index contributed by atoms with van der Waals surface area (Å²) in [7, 11) is 0. The van der Waals surface area contributed by atoms with E-state index in [4.69, 9.17) is 14.6 Å². The number of aromatic amines is 2. The molecule has 3 aromatic heterocycles. The van der Waals surface area contributed by atoms with E-state index in [0.29, 0.717) is 42.1 Å². The Balaban J connectivity index is 1.32. The molecule has 3 N–H and O–H groups in total. The number of hydrogen-bond acceptors (Lipinski definition) is 5. The predicted octanol–water partition coefficient (Wildman–Crippen LogP) is 6.13. The second kappa shape index (κ2) is 9.54. The smallest absolute Gasteiger partial charge is 0.303 e.